The summed E-state index contributed by atoms with van der Waals surface area (Å²) in [6.45, 7) is 0.508. The molecule has 0 radical (unpaired) electrons. The first-order valence-electron chi connectivity index (χ1n) is 9.49. The highest BCUT2D eigenvalue weighted by molar-refractivity contribution is 7.89. The first-order chi connectivity index (χ1) is 14.6. The molecule has 2 aromatic rings. The molecule has 0 saturated heterocycles. The van der Waals surface area contributed by atoms with Crippen molar-refractivity contribution in [2.75, 3.05) is 18.4 Å². The molecule has 1 saturated carbocycles. The molecule has 7 nitrogen and oxygen atoms in total. The fourth-order valence-corrected chi connectivity index (χ4v) is 3.82. The van der Waals surface area contributed by atoms with Crippen molar-refractivity contribution in [3.8, 4) is 0 Å². The summed E-state index contributed by atoms with van der Waals surface area (Å²) in [5, 5.41) is 5.43. The largest absolute Gasteiger partial charge is 0.417 e. The fourth-order valence-electron chi connectivity index (χ4n) is 2.52. The number of carbonyl (C=O) groups is 1. The number of halogens is 3. The van der Waals surface area contributed by atoms with Gasteiger partial charge in [0, 0.05) is 31.4 Å². The van der Waals surface area contributed by atoms with E-state index in [4.69, 9.17) is 0 Å². The number of aromatic nitrogens is 1. The molecule has 1 heterocycles. The third-order valence-electron chi connectivity index (χ3n) is 4.34. The van der Waals surface area contributed by atoms with Crippen LogP contribution in [0.3, 0.4) is 0 Å². The van der Waals surface area contributed by atoms with E-state index in [1.807, 2.05) is 0 Å². The fraction of sp³-hybridized carbons (Fsp3) is 0.300. The number of anilines is 1. The smallest absolute Gasteiger partial charge is 0.368 e. The SMILES string of the molecule is O=C(/C=C\c1ccc(S(=O)(=O)NC2CC2)cc1)NCCNc1ccc(C(F)(F)F)cn1. The van der Waals surface area contributed by atoms with Crippen LogP contribution >= 0.6 is 0 Å². The summed E-state index contributed by atoms with van der Waals surface area (Å²) in [4.78, 5) is 15.7. The molecule has 0 unspecified atom stereocenters. The van der Waals surface area contributed by atoms with Crippen LogP contribution in [0.1, 0.15) is 24.0 Å². The maximum Gasteiger partial charge on any atom is 0.417 e. The molecule has 31 heavy (non-hydrogen) atoms. The van der Waals surface area contributed by atoms with Gasteiger partial charge in [0.2, 0.25) is 15.9 Å². The van der Waals surface area contributed by atoms with E-state index in [9.17, 15) is 26.4 Å². The number of pyridine rings is 1. The van der Waals surface area contributed by atoms with Gasteiger partial charge in [-0.05, 0) is 48.7 Å². The van der Waals surface area contributed by atoms with E-state index < -0.39 is 21.8 Å². The Balaban J connectivity index is 1.41. The Kier molecular flexibility index (Phi) is 6.96. The summed E-state index contributed by atoms with van der Waals surface area (Å²) < 4.78 is 64.3. The van der Waals surface area contributed by atoms with E-state index in [0.717, 1.165) is 25.1 Å². The van der Waals surface area contributed by atoms with Crippen molar-refractivity contribution >= 4 is 27.8 Å². The first-order valence-corrected chi connectivity index (χ1v) is 11.0. The highest BCUT2D eigenvalue weighted by atomic mass is 32.2. The van der Waals surface area contributed by atoms with Gasteiger partial charge in [0.25, 0.3) is 0 Å². The summed E-state index contributed by atoms with van der Waals surface area (Å²) in [6, 6.07) is 8.32. The Labute approximate surface area is 177 Å². The number of alkyl halides is 3. The Morgan fingerprint density at radius 2 is 1.81 bits per heavy atom. The minimum Gasteiger partial charge on any atom is -0.368 e. The van der Waals surface area contributed by atoms with Gasteiger partial charge < -0.3 is 10.6 Å². The zero-order valence-corrected chi connectivity index (χ0v) is 17.1. The topological polar surface area (TPSA) is 100 Å². The second-order valence-corrected chi connectivity index (χ2v) is 8.66. The van der Waals surface area contributed by atoms with Crippen molar-refractivity contribution in [1.82, 2.24) is 15.0 Å². The minimum absolute atomic E-state index is 0.0257. The van der Waals surface area contributed by atoms with E-state index in [1.165, 1.54) is 24.3 Å². The van der Waals surface area contributed by atoms with Gasteiger partial charge in [0.1, 0.15) is 5.82 Å². The quantitative estimate of drug-likeness (QED) is 0.400. The van der Waals surface area contributed by atoms with Crippen LogP contribution in [0.4, 0.5) is 19.0 Å². The van der Waals surface area contributed by atoms with Crippen molar-refractivity contribution in [2.45, 2.75) is 30.0 Å². The number of nitrogens with one attached hydrogen (secondary N) is 3. The summed E-state index contributed by atoms with van der Waals surface area (Å²) in [5.74, 6) is -0.0988. The molecule has 1 aliphatic carbocycles. The van der Waals surface area contributed by atoms with Gasteiger partial charge in [-0.25, -0.2) is 18.1 Å². The molecule has 1 fully saturated rings. The summed E-state index contributed by atoms with van der Waals surface area (Å²) in [5.41, 5.74) is -0.172. The van der Waals surface area contributed by atoms with E-state index in [2.05, 4.69) is 20.3 Å². The van der Waals surface area contributed by atoms with E-state index in [0.29, 0.717) is 5.56 Å². The average molecular weight is 454 g/mol. The zero-order chi connectivity index (χ0) is 22.5. The lowest BCUT2D eigenvalue weighted by Gasteiger charge is -2.08. The molecule has 1 amide bonds. The lowest BCUT2D eigenvalue weighted by molar-refractivity contribution is -0.137. The van der Waals surface area contributed by atoms with Gasteiger partial charge in [0.05, 0.1) is 10.5 Å². The van der Waals surface area contributed by atoms with Crippen LogP contribution in [0.15, 0.2) is 53.6 Å². The second kappa shape index (κ2) is 9.48. The van der Waals surface area contributed by atoms with Gasteiger partial charge in [-0.15, -0.1) is 0 Å². The summed E-state index contributed by atoms with van der Waals surface area (Å²) in [7, 11) is -3.51. The van der Waals surface area contributed by atoms with Crippen LogP contribution in [0.2, 0.25) is 0 Å². The van der Waals surface area contributed by atoms with Crippen molar-refractivity contribution in [3.05, 3.63) is 59.8 Å². The van der Waals surface area contributed by atoms with Gasteiger partial charge in [-0.2, -0.15) is 13.2 Å². The van der Waals surface area contributed by atoms with Gasteiger partial charge in [-0.1, -0.05) is 12.1 Å². The van der Waals surface area contributed by atoms with Gasteiger partial charge >= 0.3 is 6.18 Å². The predicted molar refractivity (Wildman–Crippen MR) is 110 cm³/mol. The molecule has 1 aromatic carbocycles. The first kappa shape index (κ1) is 22.8. The molecular formula is C20H21F3N4O3S. The molecule has 1 aromatic heterocycles. The highest BCUT2D eigenvalue weighted by Gasteiger charge is 2.30. The normalized spacial score (nSPS) is 14.5. The molecule has 0 aliphatic heterocycles. The number of hydrogen-bond donors (Lipinski definition) is 3. The Morgan fingerprint density at radius 1 is 1.10 bits per heavy atom. The molecule has 0 bridgehead atoms. The average Bonchev–Trinajstić information content (AvgIpc) is 3.53. The van der Waals surface area contributed by atoms with Crippen LogP contribution in [0.25, 0.3) is 6.08 Å². The maximum absolute atomic E-state index is 12.5. The maximum atomic E-state index is 12.5. The Hall–Kier alpha value is -2.92. The van der Waals surface area contributed by atoms with Crippen molar-refractivity contribution in [2.24, 2.45) is 0 Å². The number of sulfonamides is 1. The van der Waals surface area contributed by atoms with Gasteiger partial charge in [-0.3, -0.25) is 4.79 Å². The Bertz CT molecular complexity index is 1030. The molecule has 11 heteroatoms. The molecule has 166 valence electrons. The van der Waals surface area contributed by atoms with Crippen LogP contribution in [0, 0.1) is 0 Å². The van der Waals surface area contributed by atoms with E-state index >= 15 is 0 Å². The van der Waals surface area contributed by atoms with Crippen molar-refractivity contribution in [1.29, 1.82) is 0 Å². The van der Waals surface area contributed by atoms with Crippen molar-refractivity contribution < 1.29 is 26.4 Å². The van der Waals surface area contributed by atoms with Crippen LogP contribution < -0.4 is 15.4 Å². The highest BCUT2D eigenvalue weighted by Crippen LogP contribution is 2.28. The number of nitrogens with zero attached hydrogens (tertiary/aromatic N) is 1. The Morgan fingerprint density at radius 3 is 2.39 bits per heavy atom. The lowest BCUT2D eigenvalue weighted by atomic mass is 10.2. The van der Waals surface area contributed by atoms with Gasteiger partial charge in [0.15, 0.2) is 0 Å². The number of hydrogen-bond acceptors (Lipinski definition) is 5. The second-order valence-electron chi connectivity index (χ2n) is 6.95. The molecule has 3 rings (SSSR count). The number of rotatable bonds is 9. The van der Waals surface area contributed by atoms with E-state index in [1.54, 1.807) is 18.2 Å². The standard InChI is InChI=1S/C20H21F3N4O3S/c21-20(22,23)15-4-9-18(26-13-15)24-11-12-25-19(28)10-3-14-1-7-17(8-2-14)31(29,30)27-16-5-6-16/h1-4,7-10,13,16,27H,5-6,11-12H2,(H,24,26)(H,25,28)/b10-3-. The van der Waals surface area contributed by atoms with Crippen molar-refractivity contribution in [3.63, 3.8) is 0 Å². The summed E-state index contributed by atoms with van der Waals surface area (Å²) >= 11 is 0. The number of carbonyl (C=O) groups excluding carboxylic acids is 1. The lowest BCUT2D eigenvalue weighted by Crippen LogP contribution is -2.27. The molecule has 0 spiro atoms. The molecule has 1 aliphatic rings. The van der Waals surface area contributed by atoms with Crippen LogP contribution in [0.5, 0.6) is 0 Å². The summed E-state index contributed by atoms with van der Waals surface area (Å²) in [6.07, 6.45) is 0.861. The monoisotopic (exact) mass is 454 g/mol. The molecule has 3 N–H and O–H groups in total. The zero-order valence-electron chi connectivity index (χ0n) is 16.3. The minimum atomic E-state index is -4.44. The number of benzene rings is 1. The van der Waals surface area contributed by atoms with E-state index in [-0.39, 0.29) is 35.8 Å². The predicted octanol–water partition coefficient (Wildman–Crippen LogP) is 2.78. The molecule has 0 atom stereocenters. The van der Waals surface area contributed by atoms with Crippen LogP contribution in [-0.4, -0.2) is 38.4 Å². The molecular weight excluding hydrogens is 433 g/mol. The van der Waals surface area contributed by atoms with Crippen LogP contribution in [-0.2, 0) is 21.0 Å². The number of amides is 1. The third-order valence-corrected chi connectivity index (χ3v) is 5.87. The third kappa shape index (κ3) is 7.07.